The molecule has 0 aliphatic carbocycles. The zero-order chi connectivity index (χ0) is 15.1. The second kappa shape index (κ2) is 7.19. The first kappa shape index (κ1) is 14.7. The lowest BCUT2D eigenvalue weighted by molar-refractivity contribution is 0.199. The van der Waals surface area contributed by atoms with Gasteiger partial charge in [0.05, 0.1) is 14.2 Å². The minimum Gasteiger partial charge on any atom is -0.496 e. The highest BCUT2D eigenvalue weighted by Crippen LogP contribution is 2.27. The fourth-order valence-corrected chi connectivity index (χ4v) is 1.75. The summed E-state index contributed by atoms with van der Waals surface area (Å²) in [5.41, 5.74) is 0.998. The Kier molecular flexibility index (Phi) is 5.04. The van der Waals surface area contributed by atoms with Gasteiger partial charge in [-0.25, -0.2) is 4.79 Å². The summed E-state index contributed by atoms with van der Waals surface area (Å²) in [4.78, 5) is 11.8. The van der Waals surface area contributed by atoms with E-state index in [9.17, 15) is 4.79 Å². The Hall–Kier alpha value is -2.69. The fraction of sp³-hybridized carbons (Fsp3) is 0.188. The van der Waals surface area contributed by atoms with Crippen molar-refractivity contribution in [2.75, 3.05) is 14.2 Å². The Morgan fingerprint density at radius 3 is 2.10 bits per heavy atom. The molecule has 0 saturated carbocycles. The molecule has 0 heterocycles. The lowest BCUT2D eigenvalue weighted by Gasteiger charge is -2.10. The van der Waals surface area contributed by atoms with Crippen molar-refractivity contribution in [1.29, 1.82) is 0 Å². The van der Waals surface area contributed by atoms with Crippen LogP contribution in [0.15, 0.2) is 48.5 Å². The first-order valence-electron chi connectivity index (χ1n) is 6.44. The molecule has 0 fully saturated rings. The zero-order valence-corrected chi connectivity index (χ0v) is 12.0. The van der Waals surface area contributed by atoms with Gasteiger partial charge in [-0.1, -0.05) is 30.3 Å². The van der Waals surface area contributed by atoms with Gasteiger partial charge in [0, 0.05) is 24.7 Å². The molecule has 0 aromatic heterocycles. The third-order valence-electron chi connectivity index (χ3n) is 2.82. The molecular formula is C16H17NO4. The van der Waals surface area contributed by atoms with Crippen molar-refractivity contribution >= 4 is 6.09 Å². The lowest BCUT2D eigenvalue weighted by Crippen LogP contribution is -2.26. The van der Waals surface area contributed by atoms with Crippen LogP contribution in [0.4, 0.5) is 4.79 Å². The van der Waals surface area contributed by atoms with Crippen molar-refractivity contribution in [2.24, 2.45) is 0 Å². The summed E-state index contributed by atoms with van der Waals surface area (Å²) in [6.07, 6.45) is -0.533. The van der Waals surface area contributed by atoms with Gasteiger partial charge in [-0.3, -0.25) is 0 Å². The van der Waals surface area contributed by atoms with E-state index in [4.69, 9.17) is 14.2 Å². The fourth-order valence-electron chi connectivity index (χ4n) is 1.75. The number of carbonyl (C=O) groups excluding carboxylic acids is 1. The molecule has 5 heteroatoms. The van der Waals surface area contributed by atoms with E-state index in [1.165, 1.54) is 14.2 Å². The topological polar surface area (TPSA) is 56.8 Å². The largest absolute Gasteiger partial charge is 0.496 e. The van der Waals surface area contributed by atoms with Crippen LogP contribution < -0.4 is 19.5 Å². The summed E-state index contributed by atoms with van der Waals surface area (Å²) in [5.74, 6) is 1.47. The quantitative estimate of drug-likeness (QED) is 0.918. The molecule has 0 bridgehead atoms. The van der Waals surface area contributed by atoms with Crippen LogP contribution in [0.2, 0.25) is 0 Å². The molecule has 1 amide bonds. The van der Waals surface area contributed by atoms with Crippen molar-refractivity contribution < 1.29 is 19.0 Å². The van der Waals surface area contributed by atoms with Crippen LogP contribution in [0.5, 0.6) is 17.2 Å². The first-order valence-corrected chi connectivity index (χ1v) is 6.44. The van der Waals surface area contributed by atoms with Crippen LogP contribution in [-0.2, 0) is 6.54 Å². The second-order valence-electron chi connectivity index (χ2n) is 4.28. The highest BCUT2D eigenvalue weighted by molar-refractivity contribution is 5.70. The number of hydrogen-bond acceptors (Lipinski definition) is 4. The van der Waals surface area contributed by atoms with Crippen molar-refractivity contribution in [3.05, 3.63) is 54.1 Å². The second-order valence-corrected chi connectivity index (χ2v) is 4.28. The summed E-state index contributed by atoms with van der Waals surface area (Å²) in [5, 5.41) is 2.68. The minimum absolute atomic E-state index is 0.358. The molecule has 0 aliphatic rings. The van der Waals surface area contributed by atoms with Gasteiger partial charge in [0.15, 0.2) is 0 Å². The molecule has 0 aliphatic heterocycles. The van der Waals surface area contributed by atoms with E-state index < -0.39 is 6.09 Å². The van der Waals surface area contributed by atoms with E-state index in [-0.39, 0.29) is 0 Å². The molecule has 21 heavy (non-hydrogen) atoms. The Morgan fingerprint density at radius 2 is 1.52 bits per heavy atom. The molecule has 0 unspecified atom stereocenters. The SMILES string of the molecule is COc1cc(OC)cc(OC(=O)NCc2ccccc2)c1. The van der Waals surface area contributed by atoms with Crippen molar-refractivity contribution in [3.8, 4) is 17.2 Å². The molecule has 2 rings (SSSR count). The number of nitrogens with one attached hydrogen (secondary N) is 1. The van der Waals surface area contributed by atoms with Gasteiger partial charge in [-0.05, 0) is 5.56 Å². The predicted octanol–water partition coefficient (Wildman–Crippen LogP) is 2.99. The third kappa shape index (κ3) is 4.42. The van der Waals surface area contributed by atoms with Crippen LogP contribution in [0.3, 0.4) is 0 Å². The van der Waals surface area contributed by atoms with Crippen LogP contribution in [0.1, 0.15) is 5.56 Å². The minimum atomic E-state index is -0.533. The monoisotopic (exact) mass is 287 g/mol. The number of amides is 1. The van der Waals surface area contributed by atoms with Crippen molar-refractivity contribution in [1.82, 2.24) is 5.32 Å². The number of hydrogen-bond donors (Lipinski definition) is 1. The van der Waals surface area contributed by atoms with Crippen LogP contribution in [-0.4, -0.2) is 20.3 Å². The van der Waals surface area contributed by atoms with E-state index in [0.29, 0.717) is 23.8 Å². The van der Waals surface area contributed by atoms with Gasteiger partial charge in [-0.15, -0.1) is 0 Å². The van der Waals surface area contributed by atoms with Gasteiger partial charge in [0.1, 0.15) is 17.2 Å². The smallest absolute Gasteiger partial charge is 0.412 e. The maximum absolute atomic E-state index is 11.8. The Bertz CT molecular complexity index is 576. The molecule has 0 atom stereocenters. The van der Waals surface area contributed by atoms with E-state index in [1.807, 2.05) is 30.3 Å². The van der Waals surface area contributed by atoms with Crippen LogP contribution >= 0.6 is 0 Å². The summed E-state index contributed by atoms with van der Waals surface area (Å²) in [6, 6.07) is 14.5. The van der Waals surface area contributed by atoms with Gasteiger partial charge in [0.2, 0.25) is 0 Å². The first-order chi connectivity index (χ1) is 10.2. The molecule has 1 N–H and O–H groups in total. The van der Waals surface area contributed by atoms with Crippen molar-refractivity contribution in [2.45, 2.75) is 6.54 Å². The average molecular weight is 287 g/mol. The Balaban J connectivity index is 1.96. The van der Waals surface area contributed by atoms with Gasteiger partial charge in [-0.2, -0.15) is 0 Å². The molecule has 0 radical (unpaired) electrons. The lowest BCUT2D eigenvalue weighted by atomic mass is 10.2. The molecule has 2 aromatic carbocycles. The normalized spacial score (nSPS) is 9.81. The number of methoxy groups -OCH3 is 2. The molecule has 0 spiro atoms. The van der Waals surface area contributed by atoms with Gasteiger partial charge >= 0.3 is 6.09 Å². The molecule has 5 nitrogen and oxygen atoms in total. The summed E-state index contributed by atoms with van der Waals surface area (Å²) < 4.78 is 15.4. The van der Waals surface area contributed by atoms with Gasteiger partial charge < -0.3 is 19.5 Å². The van der Waals surface area contributed by atoms with E-state index >= 15 is 0 Å². The van der Waals surface area contributed by atoms with E-state index in [0.717, 1.165) is 5.56 Å². The summed E-state index contributed by atoms with van der Waals surface area (Å²) in [6.45, 7) is 0.404. The molecular weight excluding hydrogens is 270 g/mol. The summed E-state index contributed by atoms with van der Waals surface area (Å²) >= 11 is 0. The predicted molar refractivity (Wildman–Crippen MR) is 78.9 cm³/mol. The van der Waals surface area contributed by atoms with E-state index in [1.54, 1.807) is 18.2 Å². The standard InChI is InChI=1S/C16H17NO4/c1-19-13-8-14(20-2)10-15(9-13)21-16(18)17-11-12-6-4-3-5-7-12/h3-10H,11H2,1-2H3,(H,17,18). The van der Waals surface area contributed by atoms with Crippen LogP contribution in [0.25, 0.3) is 0 Å². The summed E-state index contributed by atoms with van der Waals surface area (Å²) in [7, 11) is 3.07. The number of carbonyl (C=O) groups is 1. The maximum atomic E-state index is 11.8. The maximum Gasteiger partial charge on any atom is 0.412 e. The van der Waals surface area contributed by atoms with Crippen LogP contribution in [0, 0.1) is 0 Å². The average Bonchev–Trinajstić information content (AvgIpc) is 2.53. The molecule has 0 saturated heterocycles. The zero-order valence-electron chi connectivity index (χ0n) is 12.0. The van der Waals surface area contributed by atoms with Gasteiger partial charge in [0.25, 0.3) is 0 Å². The highest BCUT2D eigenvalue weighted by atomic mass is 16.6. The number of benzene rings is 2. The Morgan fingerprint density at radius 1 is 0.952 bits per heavy atom. The number of ether oxygens (including phenoxy) is 3. The number of rotatable bonds is 5. The molecule has 2 aromatic rings. The third-order valence-corrected chi connectivity index (χ3v) is 2.82. The molecule has 110 valence electrons. The van der Waals surface area contributed by atoms with Crippen molar-refractivity contribution in [3.63, 3.8) is 0 Å². The Labute approximate surface area is 123 Å². The highest BCUT2D eigenvalue weighted by Gasteiger charge is 2.08. The van der Waals surface area contributed by atoms with E-state index in [2.05, 4.69) is 5.32 Å².